The van der Waals surface area contributed by atoms with Gasteiger partial charge in [0.1, 0.15) is 0 Å². The number of carbonyl (C=O) groups excluding carboxylic acids is 1. The standard InChI is InChI=1S/C15H19NO3/c1-10-5-6-11(15(2,3)4)9-12(10)16-13(17)7-8-14(18)19/h5-9H,1-4H3,(H,16,17)(H,18,19)/b8-7+. The molecule has 0 aromatic heterocycles. The summed E-state index contributed by atoms with van der Waals surface area (Å²) in [4.78, 5) is 21.9. The van der Waals surface area contributed by atoms with Gasteiger partial charge in [-0.3, -0.25) is 4.79 Å². The van der Waals surface area contributed by atoms with E-state index in [1.165, 1.54) is 0 Å². The van der Waals surface area contributed by atoms with Crippen molar-refractivity contribution in [3.8, 4) is 0 Å². The molecule has 0 aliphatic heterocycles. The number of hydrogen-bond acceptors (Lipinski definition) is 2. The number of amides is 1. The summed E-state index contributed by atoms with van der Waals surface area (Å²) in [6, 6.07) is 5.89. The molecule has 1 aromatic carbocycles. The van der Waals surface area contributed by atoms with Gasteiger partial charge in [0.05, 0.1) is 0 Å². The van der Waals surface area contributed by atoms with Crippen LogP contribution >= 0.6 is 0 Å². The van der Waals surface area contributed by atoms with Crippen LogP contribution in [-0.2, 0) is 15.0 Å². The number of hydrogen-bond donors (Lipinski definition) is 2. The van der Waals surface area contributed by atoms with E-state index in [1.54, 1.807) is 0 Å². The van der Waals surface area contributed by atoms with E-state index in [0.717, 1.165) is 23.3 Å². The van der Waals surface area contributed by atoms with Crippen molar-refractivity contribution in [3.05, 3.63) is 41.5 Å². The van der Waals surface area contributed by atoms with Crippen LogP contribution in [-0.4, -0.2) is 17.0 Å². The summed E-state index contributed by atoms with van der Waals surface area (Å²) in [6.07, 6.45) is 1.82. The first-order valence-electron chi connectivity index (χ1n) is 6.03. The third-order valence-electron chi connectivity index (χ3n) is 2.74. The first kappa shape index (κ1) is 15.0. The highest BCUT2D eigenvalue weighted by Crippen LogP contribution is 2.26. The van der Waals surface area contributed by atoms with E-state index >= 15 is 0 Å². The van der Waals surface area contributed by atoms with Crippen LogP contribution in [0.2, 0.25) is 0 Å². The van der Waals surface area contributed by atoms with E-state index in [-0.39, 0.29) is 5.41 Å². The summed E-state index contributed by atoms with van der Waals surface area (Å²) in [6.45, 7) is 8.16. The third-order valence-corrected chi connectivity index (χ3v) is 2.74. The molecule has 0 saturated carbocycles. The van der Waals surface area contributed by atoms with E-state index in [1.807, 2.05) is 25.1 Å². The van der Waals surface area contributed by atoms with Crippen LogP contribution in [0.25, 0.3) is 0 Å². The second-order valence-corrected chi connectivity index (χ2v) is 5.44. The molecule has 1 amide bonds. The summed E-state index contributed by atoms with van der Waals surface area (Å²) < 4.78 is 0. The Labute approximate surface area is 113 Å². The fourth-order valence-corrected chi connectivity index (χ4v) is 1.54. The molecular formula is C15H19NO3. The van der Waals surface area contributed by atoms with E-state index in [2.05, 4.69) is 26.1 Å². The minimum Gasteiger partial charge on any atom is -0.478 e. The lowest BCUT2D eigenvalue weighted by atomic mass is 9.86. The molecule has 0 atom stereocenters. The molecular weight excluding hydrogens is 242 g/mol. The average Bonchev–Trinajstić information content (AvgIpc) is 2.28. The summed E-state index contributed by atoms with van der Waals surface area (Å²) in [5.74, 6) is -1.59. The Hall–Kier alpha value is -2.10. The zero-order valence-electron chi connectivity index (χ0n) is 11.7. The predicted molar refractivity (Wildman–Crippen MR) is 75.3 cm³/mol. The van der Waals surface area contributed by atoms with Gasteiger partial charge >= 0.3 is 5.97 Å². The van der Waals surface area contributed by atoms with Crippen LogP contribution in [0, 0.1) is 6.92 Å². The zero-order chi connectivity index (χ0) is 14.6. The van der Waals surface area contributed by atoms with E-state index < -0.39 is 11.9 Å². The van der Waals surface area contributed by atoms with Gasteiger partial charge in [0.2, 0.25) is 5.91 Å². The maximum Gasteiger partial charge on any atom is 0.328 e. The molecule has 2 N–H and O–H groups in total. The molecule has 0 bridgehead atoms. The van der Waals surface area contributed by atoms with Gasteiger partial charge in [0.25, 0.3) is 0 Å². The molecule has 0 radical (unpaired) electrons. The number of rotatable bonds is 3. The molecule has 1 aromatic rings. The van der Waals surface area contributed by atoms with Crippen molar-refractivity contribution in [3.63, 3.8) is 0 Å². The van der Waals surface area contributed by atoms with Crippen LogP contribution < -0.4 is 5.32 Å². The number of anilines is 1. The SMILES string of the molecule is Cc1ccc(C(C)(C)C)cc1NC(=O)/C=C/C(=O)O. The number of nitrogens with one attached hydrogen (secondary N) is 1. The molecule has 1 rings (SSSR count). The van der Waals surface area contributed by atoms with Crippen LogP contribution in [0.4, 0.5) is 5.69 Å². The molecule has 0 aliphatic rings. The van der Waals surface area contributed by atoms with Crippen molar-refractivity contribution in [2.45, 2.75) is 33.1 Å². The Kier molecular flexibility index (Phi) is 4.48. The number of carboxylic acid groups (broad SMARTS) is 1. The second kappa shape index (κ2) is 5.69. The monoisotopic (exact) mass is 261 g/mol. The fourth-order valence-electron chi connectivity index (χ4n) is 1.54. The van der Waals surface area contributed by atoms with Crippen molar-refractivity contribution in [2.75, 3.05) is 5.32 Å². The Morgan fingerprint density at radius 3 is 2.37 bits per heavy atom. The van der Waals surface area contributed by atoms with Gasteiger partial charge < -0.3 is 10.4 Å². The summed E-state index contributed by atoms with van der Waals surface area (Å²) in [5.41, 5.74) is 2.73. The topological polar surface area (TPSA) is 66.4 Å². The van der Waals surface area contributed by atoms with Gasteiger partial charge in [-0.25, -0.2) is 4.79 Å². The molecule has 0 saturated heterocycles. The Balaban J connectivity index is 2.95. The quantitative estimate of drug-likeness (QED) is 0.822. The Morgan fingerprint density at radius 1 is 1.21 bits per heavy atom. The predicted octanol–water partition coefficient (Wildman–Crippen LogP) is 2.87. The molecule has 0 unspecified atom stereocenters. The number of benzene rings is 1. The molecule has 0 aliphatic carbocycles. The summed E-state index contributed by atoms with van der Waals surface area (Å²) in [7, 11) is 0. The molecule has 102 valence electrons. The van der Waals surface area contributed by atoms with Crippen LogP contribution in [0.15, 0.2) is 30.4 Å². The number of aliphatic carboxylic acids is 1. The van der Waals surface area contributed by atoms with Crippen LogP contribution in [0.3, 0.4) is 0 Å². The Bertz CT molecular complexity index is 525. The summed E-state index contributed by atoms with van der Waals surface area (Å²) in [5, 5.41) is 11.2. The summed E-state index contributed by atoms with van der Waals surface area (Å²) >= 11 is 0. The first-order chi connectivity index (χ1) is 8.70. The third kappa shape index (κ3) is 4.58. The van der Waals surface area contributed by atoms with Crippen LogP contribution in [0.5, 0.6) is 0 Å². The van der Waals surface area contributed by atoms with Crippen molar-refractivity contribution >= 4 is 17.6 Å². The van der Waals surface area contributed by atoms with Crippen molar-refractivity contribution in [1.82, 2.24) is 0 Å². The zero-order valence-corrected chi connectivity index (χ0v) is 11.7. The molecule has 19 heavy (non-hydrogen) atoms. The highest BCUT2D eigenvalue weighted by molar-refractivity contribution is 6.02. The van der Waals surface area contributed by atoms with Gasteiger partial charge in [-0.15, -0.1) is 0 Å². The average molecular weight is 261 g/mol. The lowest BCUT2D eigenvalue weighted by Crippen LogP contribution is -2.14. The molecule has 4 heteroatoms. The van der Waals surface area contributed by atoms with Crippen molar-refractivity contribution in [2.24, 2.45) is 0 Å². The van der Waals surface area contributed by atoms with Gasteiger partial charge in [-0.05, 0) is 29.5 Å². The number of carboxylic acids is 1. The molecule has 0 fully saturated rings. The Morgan fingerprint density at radius 2 is 1.84 bits per heavy atom. The lowest BCUT2D eigenvalue weighted by molar-refractivity contribution is -0.131. The molecule has 4 nitrogen and oxygen atoms in total. The maximum absolute atomic E-state index is 11.6. The first-order valence-corrected chi connectivity index (χ1v) is 6.03. The minimum absolute atomic E-state index is 0.00984. The van der Waals surface area contributed by atoms with Crippen molar-refractivity contribution in [1.29, 1.82) is 0 Å². The molecule has 0 spiro atoms. The van der Waals surface area contributed by atoms with E-state index in [4.69, 9.17) is 5.11 Å². The second-order valence-electron chi connectivity index (χ2n) is 5.44. The number of aryl methyl sites for hydroxylation is 1. The lowest BCUT2D eigenvalue weighted by Gasteiger charge is -2.20. The van der Waals surface area contributed by atoms with E-state index in [9.17, 15) is 9.59 Å². The van der Waals surface area contributed by atoms with E-state index in [0.29, 0.717) is 5.69 Å². The van der Waals surface area contributed by atoms with Gasteiger partial charge in [0, 0.05) is 17.8 Å². The smallest absolute Gasteiger partial charge is 0.328 e. The number of carbonyl (C=O) groups is 2. The maximum atomic E-state index is 11.6. The van der Waals surface area contributed by atoms with Crippen LogP contribution in [0.1, 0.15) is 31.9 Å². The largest absolute Gasteiger partial charge is 0.478 e. The normalized spacial score (nSPS) is 11.6. The highest BCUT2D eigenvalue weighted by atomic mass is 16.4. The van der Waals surface area contributed by atoms with Gasteiger partial charge in [-0.1, -0.05) is 32.9 Å². The minimum atomic E-state index is -1.14. The fraction of sp³-hybridized carbons (Fsp3) is 0.333. The van der Waals surface area contributed by atoms with Crippen molar-refractivity contribution < 1.29 is 14.7 Å². The van der Waals surface area contributed by atoms with Gasteiger partial charge in [0.15, 0.2) is 0 Å². The van der Waals surface area contributed by atoms with Gasteiger partial charge in [-0.2, -0.15) is 0 Å². The molecule has 0 heterocycles. The highest BCUT2D eigenvalue weighted by Gasteiger charge is 2.15.